The van der Waals surface area contributed by atoms with Crippen molar-refractivity contribution in [3.8, 4) is 0 Å². The quantitative estimate of drug-likeness (QED) is 0.451. The summed E-state index contributed by atoms with van der Waals surface area (Å²) in [6.07, 6.45) is 4.25. The number of rotatable bonds is 3. The number of allylic oxidation sites excluding steroid dienone is 2. The molecule has 2 aliphatic rings. The van der Waals surface area contributed by atoms with Crippen LogP contribution in [-0.2, 0) is 9.59 Å². The minimum absolute atomic E-state index is 0.104. The normalized spacial score (nSPS) is 25.4. The Labute approximate surface area is 176 Å². The van der Waals surface area contributed by atoms with Gasteiger partial charge in [0, 0.05) is 11.8 Å². The number of hydrogen-bond donors (Lipinski definition) is 0. The zero-order chi connectivity index (χ0) is 20.7. The first-order valence-corrected chi connectivity index (χ1v) is 10.4. The van der Waals surface area contributed by atoms with Gasteiger partial charge in [0.15, 0.2) is 0 Å². The van der Waals surface area contributed by atoms with Crippen molar-refractivity contribution in [1.82, 2.24) is 0 Å². The first kappa shape index (κ1) is 18.6. The average molecular weight is 393 g/mol. The van der Waals surface area contributed by atoms with Crippen molar-refractivity contribution < 1.29 is 9.59 Å². The molecule has 3 nitrogen and oxygen atoms in total. The van der Waals surface area contributed by atoms with Crippen molar-refractivity contribution in [1.29, 1.82) is 0 Å². The summed E-state index contributed by atoms with van der Waals surface area (Å²) in [6, 6.07) is 27.7. The lowest BCUT2D eigenvalue weighted by atomic mass is 9.68. The van der Waals surface area contributed by atoms with Crippen LogP contribution in [0.15, 0.2) is 97.1 Å². The van der Waals surface area contributed by atoms with E-state index in [0.717, 1.165) is 16.7 Å². The van der Waals surface area contributed by atoms with Crippen LogP contribution in [0.4, 0.5) is 5.69 Å². The molecule has 0 N–H and O–H groups in total. The largest absolute Gasteiger partial charge is 0.274 e. The fraction of sp³-hybridized carbons (Fsp3) is 0.185. The smallest absolute Gasteiger partial charge is 0.238 e. The molecule has 1 aliphatic heterocycles. The molecule has 1 aliphatic carbocycles. The number of nitrogens with zero attached hydrogens (tertiary/aromatic N) is 1. The number of benzene rings is 3. The summed E-state index contributed by atoms with van der Waals surface area (Å²) in [7, 11) is 0. The molecule has 0 aromatic heterocycles. The molecule has 3 aromatic rings. The lowest BCUT2D eigenvalue weighted by Crippen LogP contribution is -2.31. The Kier molecular flexibility index (Phi) is 4.59. The zero-order valence-electron chi connectivity index (χ0n) is 16.8. The maximum atomic E-state index is 13.7. The van der Waals surface area contributed by atoms with E-state index < -0.39 is 11.8 Å². The highest BCUT2D eigenvalue weighted by atomic mass is 16.2. The minimum Gasteiger partial charge on any atom is -0.274 e. The van der Waals surface area contributed by atoms with Crippen molar-refractivity contribution in [3.05, 3.63) is 114 Å². The van der Waals surface area contributed by atoms with Gasteiger partial charge in [-0.3, -0.25) is 9.59 Å². The predicted octanol–water partition coefficient (Wildman–Crippen LogP) is 5.24. The van der Waals surface area contributed by atoms with Crippen molar-refractivity contribution in [2.75, 3.05) is 4.90 Å². The summed E-state index contributed by atoms with van der Waals surface area (Å²) in [4.78, 5) is 28.7. The molecule has 0 radical (unpaired) electrons. The van der Waals surface area contributed by atoms with E-state index >= 15 is 0 Å². The van der Waals surface area contributed by atoms with Crippen LogP contribution in [0.1, 0.15) is 28.5 Å². The summed E-state index contributed by atoms with van der Waals surface area (Å²) in [5.74, 6) is -1.24. The Morgan fingerprint density at radius 1 is 0.600 bits per heavy atom. The molecule has 5 rings (SSSR count). The summed E-state index contributed by atoms with van der Waals surface area (Å²) < 4.78 is 0. The van der Waals surface area contributed by atoms with Gasteiger partial charge in [0.05, 0.1) is 17.5 Å². The van der Waals surface area contributed by atoms with Gasteiger partial charge in [0.1, 0.15) is 0 Å². The molecule has 0 spiro atoms. The SMILES string of the molecule is Cc1ccc(N2C(=O)[C@@H]3[C@@H](C2=O)[C@H](c2ccccc2)C=C[C@@H]3c2ccccc2)cc1. The van der Waals surface area contributed by atoms with Crippen molar-refractivity contribution >= 4 is 17.5 Å². The van der Waals surface area contributed by atoms with Gasteiger partial charge in [-0.1, -0.05) is 90.5 Å². The van der Waals surface area contributed by atoms with Crippen LogP contribution < -0.4 is 4.90 Å². The predicted molar refractivity (Wildman–Crippen MR) is 118 cm³/mol. The average Bonchev–Trinajstić information content (AvgIpc) is 3.06. The monoisotopic (exact) mass is 393 g/mol. The Balaban J connectivity index is 1.63. The van der Waals surface area contributed by atoms with Crippen LogP contribution in [0.5, 0.6) is 0 Å². The number of carbonyl (C=O) groups is 2. The molecule has 0 unspecified atom stereocenters. The third-order valence-electron chi connectivity index (χ3n) is 6.36. The lowest BCUT2D eigenvalue weighted by molar-refractivity contribution is -0.122. The van der Waals surface area contributed by atoms with Crippen LogP contribution in [0.2, 0.25) is 0 Å². The van der Waals surface area contributed by atoms with Crippen molar-refractivity contribution in [2.45, 2.75) is 18.8 Å². The molecule has 3 aromatic carbocycles. The summed E-state index contributed by atoms with van der Waals surface area (Å²) in [6.45, 7) is 2.00. The van der Waals surface area contributed by atoms with Gasteiger partial charge in [0.25, 0.3) is 0 Å². The van der Waals surface area contributed by atoms with Crippen LogP contribution in [0.25, 0.3) is 0 Å². The number of aryl methyl sites for hydroxylation is 1. The number of carbonyl (C=O) groups excluding carboxylic acids is 2. The maximum absolute atomic E-state index is 13.7. The first-order valence-electron chi connectivity index (χ1n) is 10.4. The molecule has 2 amide bonds. The highest BCUT2D eigenvalue weighted by Crippen LogP contribution is 2.50. The van der Waals surface area contributed by atoms with E-state index in [4.69, 9.17) is 0 Å². The van der Waals surface area contributed by atoms with Crippen LogP contribution >= 0.6 is 0 Å². The fourth-order valence-corrected chi connectivity index (χ4v) is 4.88. The van der Waals surface area contributed by atoms with E-state index in [1.807, 2.05) is 91.9 Å². The Hall–Kier alpha value is -3.46. The van der Waals surface area contributed by atoms with Gasteiger partial charge in [-0.2, -0.15) is 0 Å². The second-order valence-corrected chi connectivity index (χ2v) is 8.16. The molecule has 0 saturated carbocycles. The number of imide groups is 1. The van der Waals surface area contributed by atoms with E-state index in [1.54, 1.807) is 0 Å². The highest BCUT2D eigenvalue weighted by Gasteiger charge is 2.55. The highest BCUT2D eigenvalue weighted by molar-refractivity contribution is 6.23. The van der Waals surface area contributed by atoms with E-state index in [-0.39, 0.29) is 23.7 Å². The van der Waals surface area contributed by atoms with Crippen LogP contribution in [0.3, 0.4) is 0 Å². The summed E-state index contributed by atoms with van der Waals surface area (Å²) in [5.41, 5.74) is 3.90. The van der Waals surface area contributed by atoms with E-state index in [2.05, 4.69) is 12.2 Å². The third-order valence-corrected chi connectivity index (χ3v) is 6.36. The molecule has 1 fully saturated rings. The number of hydrogen-bond acceptors (Lipinski definition) is 2. The molecule has 1 saturated heterocycles. The topological polar surface area (TPSA) is 37.4 Å². The standard InChI is InChI=1S/C27H23NO2/c1-18-12-14-21(15-13-18)28-26(29)24-22(19-8-4-2-5-9-19)16-17-23(25(24)27(28)30)20-10-6-3-7-11-20/h2-17,22-25H,1H3/t22-,23+,24-,25-/m0/s1. The van der Waals surface area contributed by atoms with Crippen molar-refractivity contribution in [2.24, 2.45) is 11.8 Å². The third kappa shape index (κ3) is 2.98. The molecular formula is C27H23NO2. The molecule has 1 heterocycles. The van der Waals surface area contributed by atoms with E-state index in [0.29, 0.717) is 5.69 Å². The van der Waals surface area contributed by atoms with Crippen LogP contribution in [-0.4, -0.2) is 11.8 Å². The summed E-state index contributed by atoms with van der Waals surface area (Å²) in [5, 5.41) is 0. The van der Waals surface area contributed by atoms with Gasteiger partial charge in [0.2, 0.25) is 11.8 Å². The van der Waals surface area contributed by atoms with Gasteiger partial charge >= 0.3 is 0 Å². The van der Waals surface area contributed by atoms with E-state index in [9.17, 15) is 9.59 Å². The Bertz CT molecular complexity index is 1040. The second kappa shape index (κ2) is 7.42. The van der Waals surface area contributed by atoms with Crippen molar-refractivity contribution in [3.63, 3.8) is 0 Å². The zero-order valence-corrected chi connectivity index (χ0v) is 16.8. The first-order chi connectivity index (χ1) is 14.6. The number of amides is 2. The Morgan fingerprint density at radius 3 is 1.47 bits per heavy atom. The van der Waals surface area contributed by atoms with Gasteiger partial charge in [-0.25, -0.2) is 4.90 Å². The van der Waals surface area contributed by atoms with Gasteiger partial charge in [-0.15, -0.1) is 0 Å². The van der Waals surface area contributed by atoms with Crippen LogP contribution in [0, 0.1) is 18.8 Å². The molecule has 0 bridgehead atoms. The van der Waals surface area contributed by atoms with Gasteiger partial charge < -0.3 is 0 Å². The molecule has 3 heteroatoms. The molecule has 148 valence electrons. The minimum atomic E-state index is -0.406. The summed E-state index contributed by atoms with van der Waals surface area (Å²) >= 11 is 0. The molecule has 30 heavy (non-hydrogen) atoms. The maximum Gasteiger partial charge on any atom is 0.238 e. The van der Waals surface area contributed by atoms with E-state index in [1.165, 1.54) is 4.90 Å². The van der Waals surface area contributed by atoms with Gasteiger partial charge in [-0.05, 0) is 30.2 Å². The lowest BCUT2D eigenvalue weighted by Gasteiger charge is -2.32. The number of fused-ring (bicyclic) bond motifs is 1. The molecule has 4 atom stereocenters. The fourth-order valence-electron chi connectivity index (χ4n) is 4.88. The molecular weight excluding hydrogens is 370 g/mol. The number of anilines is 1. The second-order valence-electron chi connectivity index (χ2n) is 8.16. The Morgan fingerprint density at radius 2 is 1.03 bits per heavy atom.